The molecule has 3 N–H and O–H groups in total. The number of anilines is 1. The van der Waals surface area contributed by atoms with E-state index in [1.54, 1.807) is 7.11 Å². The second-order valence-electron chi connectivity index (χ2n) is 8.53. The standard InChI is InChI=1S/C24H32N4O2/c1-16-7-8-21(17(2)13-16)25-24(29)28-11-9-18(10-12-28)22-15-23(27-26-22)19-5-4-6-20(14-19)30-3/h4-8,13-14,18,22-23,26-27H,9-12,15H2,1-3H3,(H,25,29). The first kappa shape index (κ1) is 20.7. The average Bonchev–Trinajstić information content (AvgIpc) is 3.26. The Labute approximate surface area is 179 Å². The number of ether oxygens (including phenoxy) is 1. The lowest BCUT2D eigenvalue weighted by Gasteiger charge is -2.34. The SMILES string of the molecule is COc1cccc(C2CC(C3CCN(C(=O)Nc4ccc(C)cc4C)CC3)NN2)c1. The summed E-state index contributed by atoms with van der Waals surface area (Å²) in [7, 11) is 1.70. The highest BCUT2D eigenvalue weighted by Crippen LogP contribution is 2.32. The molecule has 0 aromatic heterocycles. The van der Waals surface area contributed by atoms with Crippen LogP contribution in [-0.2, 0) is 0 Å². The Kier molecular flexibility index (Phi) is 6.25. The van der Waals surface area contributed by atoms with E-state index in [0.29, 0.717) is 12.0 Å². The molecule has 6 nitrogen and oxygen atoms in total. The predicted octanol–water partition coefficient (Wildman–Crippen LogP) is 4.16. The van der Waals surface area contributed by atoms with E-state index in [0.717, 1.165) is 49.4 Å². The number of urea groups is 1. The molecule has 2 aliphatic heterocycles. The highest BCUT2D eigenvalue weighted by molar-refractivity contribution is 5.90. The number of nitrogens with zero attached hydrogens (tertiary/aromatic N) is 1. The van der Waals surface area contributed by atoms with Gasteiger partial charge in [0.15, 0.2) is 0 Å². The third-order valence-electron chi connectivity index (χ3n) is 6.45. The number of likely N-dealkylation sites (tertiary alicyclic amines) is 1. The molecule has 6 heteroatoms. The Balaban J connectivity index is 1.28. The molecule has 4 rings (SSSR count). The average molecular weight is 409 g/mol. The van der Waals surface area contributed by atoms with Gasteiger partial charge in [-0.25, -0.2) is 4.79 Å². The van der Waals surface area contributed by atoms with Gasteiger partial charge in [-0.3, -0.25) is 10.9 Å². The first-order chi connectivity index (χ1) is 14.5. The molecule has 0 saturated carbocycles. The van der Waals surface area contributed by atoms with Crippen molar-refractivity contribution in [1.82, 2.24) is 15.8 Å². The molecule has 0 radical (unpaired) electrons. The second kappa shape index (κ2) is 9.06. The van der Waals surface area contributed by atoms with Crippen LogP contribution in [0.25, 0.3) is 0 Å². The molecule has 2 aliphatic rings. The first-order valence-electron chi connectivity index (χ1n) is 10.8. The van der Waals surface area contributed by atoms with Gasteiger partial charge in [0.1, 0.15) is 5.75 Å². The van der Waals surface area contributed by atoms with Crippen molar-refractivity contribution in [2.24, 2.45) is 5.92 Å². The fourth-order valence-electron chi connectivity index (χ4n) is 4.62. The van der Waals surface area contributed by atoms with Gasteiger partial charge in [-0.05, 0) is 68.4 Å². The number of hydrazine groups is 1. The van der Waals surface area contributed by atoms with Crippen LogP contribution in [0.15, 0.2) is 42.5 Å². The highest BCUT2D eigenvalue weighted by atomic mass is 16.5. The number of benzene rings is 2. The van der Waals surface area contributed by atoms with Crippen LogP contribution in [0.4, 0.5) is 10.5 Å². The topological polar surface area (TPSA) is 65.6 Å². The molecule has 2 amide bonds. The maximum Gasteiger partial charge on any atom is 0.321 e. The van der Waals surface area contributed by atoms with Crippen LogP contribution in [-0.4, -0.2) is 37.2 Å². The van der Waals surface area contributed by atoms with Crippen LogP contribution in [0.3, 0.4) is 0 Å². The van der Waals surface area contributed by atoms with E-state index in [4.69, 9.17) is 4.74 Å². The van der Waals surface area contributed by atoms with Crippen LogP contribution in [0.2, 0.25) is 0 Å². The number of carbonyl (C=O) groups excluding carboxylic acids is 1. The molecule has 2 saturated heterocycles. The molecule has 2 aromatic carbocycles. The maximum absolute atomic E-state index is 12.7. The maximum atomic E-state index is 12.7. The van der Waals surface area contributed by atoms with Crippen LogP contribution >= 0.6 is 0 Å². The Hall–Kier alpha value is -2.57. The normalized spacial score (nSPS) is 22.2. The van der Waals surface area contributed by atoms with Crippen molar-refractivity contribution in [2.45, 2.75) is 45.2 Å². The van der Waals surface area contributed by atoms with Crippen molar-refractivity contribution in [2.75, 3.05) is 25.5 Å². The molecular weight excluding hydrogens is 376 g/mol. The zero-order valence-electron chi connectivity index (χ0n) is 18.1. The lowest BCUT2D eigenvalue weighted by atomic mass is 9.86. The number of hydrogen-bond acceptors (Lipinski definition) is 4. The number of aryl methyl sites for hydroxylation is 2. The number of hydrogen-bond donors (Lipinski definition) is 3. The number of amides is 2. The summed E-state index contributed by atoms with van der Waals surface area (Å²) in [6, 6.07) is 15.1. The minimum atomic E-state index is 0.00664. The predicted molar refractivity (Wildman–Crippen MR) is 120 cm³/mol. The van der Waals surface area contributed by atoms with Gasteiger partial charge in [0, 0.05) is 30.9 Å². The van der Waals surface area contributed by atoms with Gasteiger partial charge in [-0.1, -0.05) is 29.8 Å². The number of nitrogens with one attached hydrogen (secondary N) is 3. The smallest absolute Gasteiger partial charge is 0.321 e. The largest absolute Gasteiger partial charge is 0.497 e. The fourth-order valence-corrected chi connectivity index (χ4v) is 4.62. The van der Waals surface area contributed by atoms with E-state index in [1.807, 2.05) is 36.1 Å². The summed E-state index contributed by atoms with van der Waals surface area (Å²) in [4.78, 5) is 14.6. The van der Waals surface area contributed by atoms with Crippen molar-refractivity contribution in [3.05, 3.63) is 59.2 Å². The van der Waals surface area contributed by atoms with Crippen molar-refractivity contribution in [3.63, 3.8) is 0 Å². The third kappa shape index (κ3) is 4.60. The lowest BCUT2D eigenvalue weighted by Crippen LogP contribution is -2.45. The van der Waals surface area contributed by atoms with Crippen molar-refractivity contribution < 1.29 is 9.53 Å². The van der Waals surface area contributed by atoms with Crippen LogP contribution in [0, 0.1) is 19.8 Å². The van der Waals surface area contributed by atoms with Gasteiger partial charge in [0.25, 0.3) is 0 Å². The van der Waals surface area contributed by atoms with Gasteiger partial charge in [-0.2, -0.15) is 0 Å². The quantitative estimate of drug-likeness (QED) is 0.711. The summed E-state index contributed by atoms with van der Waals surface area (Å²) in [6.07, 6.45) is 3.08. The van der Waals surface area contributed by atoms with E-state index in [-0.39, 0.29) is 12.1 Å². The van der Waals surface area contributed by atoms with Gasteiger partial charge < -0.3 is 15.0 Å². The number of piperidine rings is 1. The Morgan fingerprint density at radius 2 is 1.90 bits per heavy atom. The molecule has 2 fully saturated rings. The van der Waals surface area contributed by atoms with Gasteiger partial charge in [0.2, 0.25) is 0 Å². The summed E-state index contributed by atoms with van der Waals surface area (Å²) in [5, 5.41) is 3.08. The van der Waals surface area contributed by atoms with E-state index in [9.17, 15) is 4.79 Å². The zero-order chi connectivity index (χ0) is 21.1. The molecular formula is C24H32N4O2. The molecule has 0 bridgehead atoms. The number of methoxy groups -OCH3 is 1. The van der Waals surface area contributed by atoms with Crippen molar-refractivity contribution in [1.29, 1.82) is 0 Å². The minimum absolute atomic E-state index is 0.00664. The van der Waals surface area contributed by atoms with Crippen LogP contribution in [0.5, 0.6) is 5.75 Å². The van der Waals surface area contributed by atoms with Crippen LogP contribution < -0.4 is 20.9 Å². The first-order valence-corrected chi connectivity index (χ1v) is 10.8. The molecule has 2 heterocycles. The van der Waals surface area contributed by atoms with E-state index >= 15 is 0 Å². The molecule has 2 unspecified atom stereocenters. The summed E-state index contributed by atoms with van der Waals surface area (Å²) in [5.74, 6) is 1.46. The monoisotopic (exact) mass is 408 g/mol. The molecule has 0 aliphatic carbocycles. The van der Waals surface area contributed by atoms with E-state index in [1.165, 1.54) is 11.1 Å². The molecule has 30 heavy (non-hydrogen) atoms. The second-order valence-corrected chi connectivity index (χ2v) is 8.53. The van der Waals surface area contributed by atoms with E-state index in [2.05, 4.69) is 41.3 Å². The highest BCUT2D eigenvalue weighted by Gasteiger charge is 2.34. The summed E-state index contributed by atoms with van der Waals surface area (Å²) in [6.45, 7) is 5.69. The number of rotatable bonds is 4. The Bertz CT molecular complexity index is 893. The van der Waals surface area contributed by atoms with Crippen molar-refractivity contribution >= 4 is 11.7 Å². The molecule has 2 atom stereocenters. The third-order valence-corrected chi connectivity index (χ3v) is 6.45. The van der Waals surface area contributed by atoms with Crippen LogP contribution in [0.1, 0.15) is 42.0 Å². The van der Waals surface area contributed by atoms with E-state index < -0.39 is 0 Å². The minimum Gasteiger partial charge on any atom is -0.497 e. The zero-order valence-corrected chi connectivity index (χ0v) is 18.1. The molecule has 160 valence electrons. The lowest BCUT2D eigenvalue weighted by molar-refractivity contribution is 0.169. The van der Waals surface area contributed by atoms with Crippen molar-refractivity contribution in [3.8, 4) is 5.75 Å². The Morgan fingerprint density at radius 3 is 2.63 bits per heavy atom. The van der Waals surface area contributed by atoms with Gasteiger partial charge in [-0.15, -0.1) is 0 Å². The van der Waals surface area contributed by atoms with Gasteiger partial charge >= 0.3 is 6.03 Å². The summed E-state index contributed by atoms with van der Waals surface area (Å²) < 4.78 is 5.36. The molecule has 2 aromatic rings. The summed E-state index contributed by atoms with van der Waals surface area (Å²) >= 11 is 0. The molecule has 0 spiro atoms. The summed E-state index contributed by atoms with van der Waals surface area (Å²) in [5.41, 5.74) is 11.4. The fraction of sp³-hybridized carbons (Fsp3) is 0.458. The number of carbonyl (C=O) groups is 1. The Morgan fingerprint density at radius 1 is 1.10 bits per heavy atom. The van der Waals surface area contributed by atoms with Gasteiger partial charge in [0.05, 0.1) is 7.11 Å².